The number of aromatic nitrogens is 1. The van der Waals surface area contributed by atoms with Gasteiger partial charge in [-0.25, -0.2) is 4.98 Å². The van der Waals surface area contributed by atoms with Crippen molar-refractivity contribution in [2.75, 3.05) is 0 Å². The molecule has 0 aromatic carbocycles. The van der Waals surface area contributed by atoms with Crippen LogP contribution in [-0.4, -0.2) is 32.5 Å². The molecule has 178 valence electrons. The Kier molecular flexibility index (Phi) is 7.58. The van der Waals surface area contributed by atoms with E-state index in [0.29, 0.717) is 42.2 Å². The minimum Gasteiger partial charge on any atom is -0.451 e. The van der Waals surface area contributed by atoms with Crippen LogP contribution in [0, 0.1) is 23.2 Å². The van der Waals surface area contributed by atoms with Crippen molar-refractivity contribution in [3.8, 4) is 0 Å². The molecule has 1 heterocycles. The summed E-state index contributed by atoms with van der Waals surface area (Å²) in [4.78, 5) is 4.07. The van der Waals surface area contributed by atoms with Crippen molar-refractivity contribution in [2.45, 2.75) is 103 Å². The van der Waals surface area contributed by atoms with E-state index in [1.54, 1.807) is 5.57 Å². The summed E-state index contributed by atoms with van der Waals surface area (Å²) in [7, 11) is 0. The molecule has 7 atom stereocenters. The molecule has 3 aliphatic carbocycles. The van der Waals surface area contributed by atoms with Gasteiger partial charge in [0.15, 0.2) is 6.39 Å². The molecule has 0 bridgehead atoms. The fourth-order valence-electron chi connectivity index (χ4n) is 7.11. The van der Waals surface area contributed by atoms with Gasteiger partial charge in [-0.15, -0.1) is 0 Å². The zero-order valence-corrected chi connectivity index (χ0v) is 19.7. The molecular weight excluding hydrogens is 402 g/mol. The molecule has 3 aliphatic rings. The van der Waals surface area contributed by atoms with Crippen LogP contribution in [0.5, 0.6) is 0 Å². The monoisotopic (exact) mass is 443 g/mol. The lowest BCUT2D eigenvalue weighted by atomic mass is 9.60. The highest BCUT2D eigenvalue weighted by atomic mass is 16.3. The lowest BCUT2D eigenvalue weighted by Gasteiger charge is -2.44. The van der Waals surface area contributed by atoms with Crippen LogP contribution in [0.25, 0.3) is 0 Å². The zero-order chi connectivity index (χ0) is 22.7. The molecule has 5 heteroatoms. The summed E-state index contributed by atoms with van der Waals surface area (Å²) in [5.74, 6) is 2.03. The van der Waals surface area contributed by atoms with Crippen LogP contribution in [0.15, 0.2) is 40.4 Å². The average molecular weight is 444 g/mol. The van der Waals surface area contributed by atoms with Gasteiger partial charge in [-0.1, -0.05) is 50.0 Å². The van der Waals surface area contributed by atoms with E-state index in [1.807, 2.05) is 0 Å². The molecule has 0 spiro atoms. The molecule has 3 fully saturated rings. The minimum atomic E-state index is -0.526. The second-order valence-corrected chi connectivity index (χ2v) is 11.0. The molecular formula is C27H41NO4. The van der Waals surface area contributed by atoms with Gasteiger partial charge in [0.2, 0.25) is 0 Å². The van der Waals surface area contributed by atoms with Crippen molar-refractivity contribution in [1.29, 1.82) is 0 Å². The van der Waals surface area contributed by atoms with Gasteiger partial charge in [0.05, 0.1) is 18.3 Å². The smallest absolute Gasteiger partial charge is 0.180 e. The molecule has 0 amide bonds. The fraction of sp³-hybridized carbons (Fsp3) is 0.741. The third kappa shape index (κ3) is 5.21. The van der Waals surface area contributed by atoms with Crippen LogP contribution < -0.4 is 0 Å². The standard InChI is InChI=1S/C27H41NO4/c1-18(5-3-7-26(31)25-16-32-17-28-25)23-10-11-24-20(6-4-12-27(23,24)2)9-8-19-13-21(29)15-22(30)14-19/h8-9,16-18,21-24,26,29-31H,3-7,10-15H2,1-2H3/b20-9+/t18-,21+,22+,23+,24-,26+,27+/m0/s1. The molecule has 3 N–H and O–H groups in total. The van der Waals surface area contributed by atoms with E-state index in [1.165, 1.54) is 50.3 Å². The Morgan fingerprint density at radius 2 is 1.97 bits per heavy atom. The Morgan fingerprint density at radius 1 is 1.19 bits per heavy atom. The molecule has 5 nitrogen and oxygen atoms in total. The summed E-state index contributed by atoms with van der Waals surface area (Å²) < 4.78 is 4.99. The highest BCUT2D eigenvalue weighted by Gasteiger charge is 2.50. The van der Waals surface area contributed by atoms with Crippen molar-refractivity contribution in [3.05, 3.63) is 41.6 Å². The number of nitrogens with zero attached hydrogens (tertiary/aromatic N) is 1. The topological polar surface area (TPSA) is 86.7 Å². The molecule has 3 saturated carbocycles. The largest absolute Gasteiger partial charge is 0.451 e. The van der Waals surface area contributed by atoms with Crippen LogP contribution in [0.2, 0.25) is 0 Å². The Hall–Kier alpha value is -1.43. The summed E-state index contributed by atoms with van der Waals surface area (Å²) in [6.07, 6.45) is 17.2. The maximum atomic E-state index is 10.3. The van der Waals surface area contributed by atoms with Crippen molar-refractivity contribution in [1.82, 2.24) is 4.98 Å². The Balaban J connectivity index is 1.36. The molecule has 1 aromatic heterocycles. The maximum absolute atomic E-state index is 10.3. The van der Waals surface area contributed by atoms with Crippen molar-refractivity contribution < 1.29 is 19.7 Å². The van der Waals surface area contributed by atoms with Crippen LogP contribution in [0.4, 0.5) is 0 Å². The Morgan fingerprint density at radius 3 is 2.69 bits per heavy atom. The van der Waals surface area contributed by atoms with Crippen molar-refractivity contribution in [2.24, 2.45) is 23.2 Å². The SMILES string of the molecule is C[C@@H](CCC[C@@H](O)c1cocn1)[C@H]1CC[C@H]2/C(=C/C=C3C[C@@H](O)C[C@H](O)C3)CCC[C@]12C. The first-order valence-electron chi connectivity index (χ1n) is 12.7. The number of aliphatic hydroxyl groups excluding tert-OH is 3. The lowest BCUT2D eigenvalue weighted by molar-refractivity contribution is 0.0609. The summed E-state index contributed by atoms with van der Waals surface area (Å²) in [5, 5.41) is 30.3. The average Bonchev–Trinajstić information content (AvgIpc) is 3.39. The highest BCUT2D eigenvalue weighted by molar-refractivity contribution is 5.26. The second-order valence-electron chi connectivity index (χ2n) is 11.0. The second kappa shape index (κ2) is 10.2. The summed E-state index contributed by atoms with van der Waals surface area (Å²) in [5.41, 5.74) is 3.76. The summed E-state index contributed by atoms with van der Waals surface area (Å²) in [6, 6.07) is 0. The molecule has 4 rings (SSSR count). The van der Waals surface area contributed by atoms with Gasteiger partial charge in [-0.05, 0) is 81.0 Å². The predicted octanol–water partition coefficient (Wildman–Crippen LogP) is 5.49. The van der Waals surface area contributed by atoms with Crippen LogP contribution in [-0.2, 0) is 0 Å². The van der Waals surface area contributed by atoms with Crippen molar-refractivity contribution in [3.63, 3.8) is 0 Å². The number of hydrogen-bond acceptors (Lipinski definition) is 5. The summed E-state index contributed by atoms with van der Waals surface area (Å²) in [6.45, 7) is 4.93. The van der Waals surface area contributed by atoms with Crippen LogP contribution in [0.3, 0.4) is 0 Å². The first kappa shape index (κ1) is 23.7. The number of oxazole rings is 1. The summed E-state index contributed by atoms with van der Waals surface area (Å²) >= 11 is 0. The number of aliphatic hydroxyl groups is 3. The number of hydrogen-bond donors (Lipinski definition) is 3. The molecule has 32 heavy (non-hydrogen) atoms. The van der Waals surface area contributed by atoms with E-state index in [9.17, 15) is 15.3 Å². The molecule has 1 aromatic rings. The quantitative estimate of drug-likeness (QED) is 0.519. The highest BCUT2D eigenvalue weighted by Crippen LogP contribution is 2.60. The lowest BCUT2D eigenvalue weighted by Crippen LogP contribution is -2.36. The predicted molar refractivity (Wildman–Crippen MR) is 125 cm³/mol. The van der Waals surface area contributed by atoms with Crippen LogP contribution in [0.1, 0.15) is 96.3 Å². The zero-order valence-electron chi connectivity index (χ0n) is 19.7. The minimum absolute atomic E-state index is 0.359. The maximum Gasteiger partial charge on any atom is 0.180 e. The van der Waals surface area contributed by atoms with Gasteiger partial charge in [0.1, 0.15) is 12.0 Å². The van der Waals surface area contributed by atoms with Gasteiger partial charge in [-0.3, -0.25) is 0 Å². The van der Waals surface area contributed by atoms with Gasteiger partial charge in [-0.2, -0.15) is 0 Å². The molecule has 0 unspecified atom stereocenters. The fourth-order valence-corrected chi connectivity index (χ4v) is 7.11. The normalized spacial score (nSPS) is 36.2. The van der Waals surface area contributed by atoms with Crippen molar-refractivity contribution >= 4 is 0 Å². The number of allylic oxidation sites excluding steroid dienone is 3. The Bertz CT molecular complexity index is 789. The van der Waals surface area contributed by atoms with Gasteiger partial charge in [0.25, 0.3) is 0 Å². The van der Waals surface area contributed by atoms with Gasteiger partial charge in [0, 0.05) is 0 Å². The van der Waals surface area contributed by atoms with E-state index >= 15 is 0 Å². The van der Waals surface area contributed by atoms with E-state index in [-0.39, 0.29) is 0 Å². The van der Waals surface area contributed by atoms with Crippen LogP contribution >= 0.6 is 0 Å². The third-order valence-electron chi connectivity index (χ3n) is 8.73. The van der Waals surface area contributed by atoms with Gasteiger partial charge < -0.3 is 19.7 Å². The first-order chi connectivity index (χ1) is 15.4. The van der Waals surface area contributed by atoms with Gasteiger partial charge >= 0.3 is 0 Å². The number of rotatable bonds is 7. The Labute approximate surface area is 192 Å². The van der Waals surface area contributed by atoms with E-state index < -0.39 is 18.3 Å². The number of fused-ring (bicyclic) bond motifs is 1. The molecule has 0 aliphatic heterocycles. The first-order valence-corrected chi connectivity index (χ1v) is 12.7. The van der Waals surface area contributed by atoms with E-state index in [2.05, 4.69) is 31.0 Å². The third-order valence-corrected chi connectivity index (χ3v) is 8.73. The van der Waals surface area contributed by atoms with E-state index in [0.717, 1.165) is 25.2 Å². The molecule has 0 radical (unpaired) electrons. The van der Waals surface area contributed by atoms with E-state index in [4.69, 9.17) is 4.42 Å². The molecule has 0 saturated heterocycles.